The quantitative estimate of drug-likeness (QED) is 0.772. The van der Waals surface area contributed by atoms with Crippen LogP contribution in [-0.2, 0) is 0 Å². The van der Waals surface area contributed by atoms with E-state index in [1.54, 1.807) is 29.2 Å². The summed E-state index contributed by atoms with van der Waals surface area (Å²) < 4.78 is 5.37. The highest BCUT2D eigenvalue weighted by molar-refractivity contribution is 6.30. The van der Waals surface area contributed by atoms with Gasteiger partial charge in [0.15, 0.2) is 0 Å². The third-order valence-corrected chi connectivity index (χ3v) is 4.75. The highest BCUT2D eigenvalue weighted by atomic mass is 35.5. The summed E-state index contributed by atoms with van der Waals surface area (Å²) in [5, 5.41) is 9.59. The third-order valence-electron chi connectivity index (χ3n) is 4.49. The van der Waals surface area contributed by atoms with Gasteiger partial charge in [-0.05, 0) is 43.7 Å². The van der Waals surface area contributed by atoms with Crippen LogP contribution in [-0.4, -0.2) is 60.3 Å². The summed E-state index contributed by atoms with van der Waals surface area (Å²) in [5.74, 6) is 7.41. The zero-order valence-electron chi connectivity index (χ0n) is 15.3. The molecule has 0 saturated carbocycles. The van der Waals surface area contributed by atoms with E-state index in [9.17, 15) is 4.79 Å². The van der Waals surface area contributed by atoms with E-state index < -0.39 is 0 Å². The Morgan fingerprint density at radius 3 is 2.62 bits per heavy atom. The summed E-state index contributed by atoms with van der Waals surface area (Å²) >= 11 is 5.83. The number of hydrogen-bond donors (Lipinski definition) is 1. The molecule has 1 heterocycles. The first-order valence-electron chi connectivity index (χ1n) is 9.16. The summed E-state index contributed by atoms with van der Waals surface area (Å²) in [7, 11) is 0. The van der Waals surface area contributed by atoms with Crippen LogP contribution in [0.3, 0.4) is 0 Å². The van der Waals surface area contributed by atoms with Gasteiger partial charge in [-0.1, -0.05) is 24.4 Å². The highest BCUT2D eigenvalue weighted by Gasteiger charge is 2.23. The lowest BCUT2D eigenvalue weighted by Gasteiger charge is -2.29. The summed E-state index contributed by atoms with van der Waals surface area (Å²) in [6.07, 6.45) is 2.24. The summed E-state index contributed by atoms with van der Waals surface area (Å²) in [6.45, 7) is 6.11. The molecule has 0 radical (unpaired) electrons. The Morgan fingerprint density at radius 2 is 2.00 bits per heavy atom. The number of aliphatic hydroxyl groups is 1. The van der Waals surface area contributed by atoms with Gasteiger partial charge < -0.3 is 19.6 Å². The molecule has 1 aromatic carbocycles. The van der Waals surface area contributed by atoms with Crippen molar-refractivity contribution in [1.29, 1.82) is 0 Å². The molecule has 0 unspecified atom stereocenters. The van der Waals surface area contributed by atoms with Gasteiger partial charge in [0.25, 0.3) is 0 Å². The van der Waals surface area contributed by atoms with Crippen molar-refractivity contribution in [2.45, 2.75) is 26.2 Å². The average Bonchev–Trinajstić information content (AvgIpc) is 2.66. The molecule has 1 aromatic rings. The lowest BCUT2D eigenvalue weighted by molar-refractivity contribution is 0.137. The Morgan fingerprint density at radius 1 is 1.31 bits per heavy atom. The van der Waals surface area contributed by atoms with Crippen molar-refractivity contribution in [1.82, 2.24) is 9.80 Å². The summed E-state index contributed by atoms with van der Waals surface area (Å²) in [4.78, 5) is 16.1. The van der Waals surface area contributed by atoms with Crippen LogP contribution in [0.25, 0.3) is 0 Å². The van der Waals surface area contributed by atoms with Gasteiger partial charge >= 0.3 is 6.09 Å². The van der Waals surface area contributed by atoms with Gasteiger partial charge in [-0.15, -0.1) is 5.92 Å². The molecule has 1 N–H and O–H groups in total. The van der Waals surface area contributed by atoms with Crippen molar-refractivity contribution >= 4 is 17.7 Å². The minimum Gasteiger partial charge on any atom is -0.410 e. The van der Waals surface area contributed by atoms with Crippen molar-refractivity contribution in [2.75, 3.05) is 39.3 Å². The number of carbonyl (C=O) groups is 1. The van der Waals surface area contributed by atoms with Crippen LogP contribution >= 0.6 is 11.6 Å². The predicted molar refractivity (Wildman–Crippen MR) is 103 cm³/mol. The maximum Gasteiger partial charge on any atom is 0.415 e. The molecule has 0 spiro atoms. The molecule has 1 aliphatic heterocycles. The number of carbonyl (C=O) groups excluding carboxylic acids is 1. The molecule has 142 valence electrons. The van der Waals surface area contributed by atoms with Crippen LogP contribution in [0.5, 0.6) is 5.75 Å². The summed E-state index contributed by atoms with van der Waals surface area (Å²) in [6, 6.07) is 6.78. The van der Waals surface area contributed by atoms with Gasteiger partial charge in [-0.3, -0.25) is 0 Å². The normalized spacial score (nSPS) is 14.8. The second kappa shape index (κ2) is 11.1. The van der Waals surface area contributed by atoms with Gasteiger partial charge in [0.2, 0.25) is 0 Å². The van der Waals surface area contributed by atoms with E-state index in [1.807, 2.05) is 0 Å². The minimum absolute atomic E-state index is 0.186. The number of aliphatic hydroxyl groups excluding tert-OH is 1. The van der Waals surface area contributed by atoms with Gasteiger partial charge in [0, 0.05) is 43.5 Å². The number of rotatable bonds is 6. The Labute approximate surface area is 160 Å². The molecule has 0 atom stereocenters. The average molecular weight is 379 g/mol. The van der Waals surface area contributed by atoms with Crippen LogP contribution in [0.15, 0.2) is 24.3 Å². The number of nitrogens with zero attached hydrogens (tertiary/aromatic N) is 2. The number of likely N-dealkylation sites (N-methyl/N-ethyl adjacent to an activating group) is 1. The van der Waals surface area contributed by atoms with Crippen molar-refractivity contribution in [3.05, 3.63) is 29.3 Å². The number of likely N-dealkylation sites (tertiary alicyclic amines) is 1. The van der Waals surface area contributed by atoms with E-state index in [-0.39, 0.29) is 12.7 Å². The number of benzene rings is 1. The van der Waals surface area contributed by atoms with Crippen molar-refractivity contribution in [3.63, 3.8) is 0 Å². The fourth-order valence-corrected chi connectivity index (χ4v) is 3.00. The van der Waals surface area contributed by atoms with Gasteiger partial charge in [0.05, 0.1) is 6.61 Å². The molecular weight excluding hydrogens is 352 g/mol. The van der Waals surface area contributed by atoms with Crippen molar-refractivity contribution < 1.29 is 14.6 Å². The lowest BCUT2D eigenvalue weighted by atomic mass is 9.97. The zero-order chi connectivity index (χ0) is 18.8. The lowest BCUT2D eigenvalue weighted by Crippen LogP contribution is -2.39. The predicted octanol–water partition coefficient (Wildman–Crippen LogP) is 3.26. The van der Waals surface area contributed by atoms with E-state index in [2.05, 4.69) is 23.7 Å². The second-order valence-corrected chi connectivity index (χ2v) is 6.75. The first-order chi connectivity index (χ1) is 12.6. The molecular formula is C20H27ClN2O3. The number of ether oxygens (including phenoxy) is 1. The molecule has 1 aliphatic rings. The Kier molecular flexibility index (Phi) is 8.76. The molecule has 2 rings (SSSR count). The molecule has 1 fully saturated rings. The molecule has 1 saturated heterocycles. The fourth-order valence-electron chi connectivity index (χ4n) is 2.87. The molecule has 1 amide bonds. The van der Waals surface area contributed by atoms with E-state index in [0.29, 0.717) is 36.3 Å². The third kappa shape index (κ3) is 6.87. The van der Waals surface area contributed by atoms with Crippen LogP contribution < -0.4 is 4.74 Å². The smallest absolute Gasteiger partial charge is 0.410 e. The minimum atomic E-state index is -0.318. The van der Waals surface area contributed by atoms with Gasteiger partial charge in [-0.25, -0.2) is 4.79 Å². The fraction of sp³-hybridized carbons (Fsp3) is 0.550. The van der Waals surface area contributed by atoms with Crippen molar-refractivity contribution in [3.8, 4) is 17.6 Å². The van der Waals surface area contributed by atoms with E-state index in [0.717, 1.165) is 32.4 Å². The number of piperidine rings is 1. The molecule has 26 heavy (non-hydrogen) atoms. The largest absolute Gasteiger partial charge is 0.415 e. The standard InChI is InChI=1S/C20H27ClN2O3/c1-2-22(15-16-24)12-4-3-5-17-10-13-23(14-11-17)20(25)26-19-8-6-18(21)7-9-19/h6-9,17,24H,2,4,10-16H2,1H3. The second-order valence-electron chi connectivity index (χ2n) is 6.31. The first kappa shape index (κ1) is 20.6. The van der Waals surface area contributed by atoms with Crippen LogP contribution in [0.1, 0.15) is 26.2 Å². The monoisotopic (exact) mass is 378 g/mol. The molecule has 0 aromatic heterocycles. The first-order valence-corrected chi connectivity index (χ1v) is 9.54. The topological polar surface area (TPSA) is 53.0 Å². The highest BCUT2D eigenvalue weighted by Crippen LogP contribution is 2.20. The Balaban J connectivity index is 1.70. The van der Waals surface area contributed by atoms with Gasteiger partial charge in [-0.2, -0.15) is 0 Å². The van der Waals surface area contributed by atoms with Crippen LogP contribution in [0.4, 0.5) is 4.79 Å². The molecule has 0 aliphatic carbocycles. The van der Waals surface area contributed by atoms with E-state index >= 15 is 0 Å². The Bertz CT molecular complexity index is 616. The number of amides is 1. The molecule has 5 nitrogen and oxygen atoms in total. The van der Waals surface area contributed by atoms with Gasteiger partial charge in [0.1, 0.15) is 5.75 Å². The maximum absolute atomic E-state index is 12.2. The van der Waals surface area contributed by atoms with E-state index in [4.69, 9.17) is 21.4 Å². The Hall–Kier alpha value is -1.74. The van der Waals surface area contributed by atoms with Crippen molar-refractivity contribution in [2.24, 2.45) is 5.92 Å². The van der Waals surface area contributed by atoms with Crippen LogP contribution in [0, 0.1) is 17.8 Å². The maximum atomic E-state index is 12.2. The summed E-state index contributed by atoms with van der Waals surface area (Å²) in [5.41, 5.74) is 0. The van der Waals surface area contributed by atoms with Crippen LogP contribution in [0.2, 0.25) is 5.02 Å². The molecule has 0 bridgehead atoms. The van der Waals surface area contributed by atoms with E-state index in [1.165, 1.54) is 0 Å². The number of hydrogen-bond acceptors (Lipinski definition) is 4. The zero-order valence-corrected chi connectivity index (χ0v) is 16.0. The number of halogens is 1. The SMILES string of the molecule is CCN(CCO)CCC#CC1CCN(C(=O)Oc2ccc(Cl)cc2)CC1. The molecule has 6 heteroatoms.